The second-order valence-electron chi connectivity index (χ2n) is 2.84. The maximum absolute atomic E-state index is 11.6. The number of alkyl halides is 3. The quantitative estimate of drug-likeness (QED) is 0.520. The van der Waals surface area contributed by atoms with Crippen LogP contribution in [0.15, 0.2) is 0 Å². The van der Waals surface area contributed by atoms with Crippen LogP contribution in [0.4, 0.5) is 13.2 Å². The molecule has 0 saturated heterocycles. The molecule has 0 aromatic heterocycles. The van der Waals surface area contributed by atoms with E-state index in [0.29, 0.717) is 18.3 Å². The van der Waals surface area contributed by atoms with E-state index in [1.807, 2.05) is 0 Å². The van der Waals surface area contributed by atoms with E-state index in [2.05, 4.69) is 15.4 Å². The summed E-state index contributed by atoms with van der Waals surface area (Å²) in [6, 6.07) is 0. The lowest BCUT2D eigenvalue weighted by atomic mass is 10.6. The Hall–Kier alpha value is -0.600. The van der Waals surface area contributed by atoms with Crippen LogP contribution in [0.1, 0.15) is 0 Å². The van der Waals surface area contributed by atoms with Crippen LogP contribution < -0.4 is 10.6 Å². The van der Waals surface area contributed by atoms with Gasteiger partial charge in [-0.2, -0.15) is 13.2 Å². The smallest absolute Gasteiger partial charge is 0.383 e. The average Bonchev–Trinajstić information content (AvgIpc) is 2.16. The minimum Gasteiger partial charge on any atom is -0.383 e. The largest absolute Gasteiger partial charge is 0.411 e. The van der Waals surface area contributed by atoms with Crippen molar-refractivity contribution in [1.82, 2.24) is 10.6 Å². The molecule has 0 aliphatic heterocycles. The summed E-state index contributed by atoms with van der Waals surface area (Å²) in [5.74, 6) is 0. The molecule has 4 nitrogen and oxygen atoms in total. The van der Waals surface area contributed by atoms with Gasteiger partial charge in [0.05, 0.1) is 13.2 Å². The van der Waals surface area contributed by atoms with Crippen molar-refractivity contribution in [2.45, 2.75) is 6.18 Å². The maximum Gasteiger partial charge on any atom is 0.411 e. The lowest BCUT2D eigenvalue weighted by molar-refractivity contribution is -0.173. The topological polar surface area (TPSA) is 42.5 Å². The van der Waals surface area contributed by atoms with Crippen LogP contribution in [0.2, 0.25) is 0 Å². The third-order valence-corrected chi connectivity index (χ3v) is 1.68. The Morgan fingerprint density at radius 1 is 1.19 bits per heavy atom. The summed E-state index contributed by atoms with van der Waals surface area (Å²) in [6.45, 7) is -0.00279. The monoisotopic (exact) mass is 260 g/mol. The van der Waals surface area contributed by atoms with Crippen LogP contribution in [0.25, 0.3) is 0 Å². The van der Waals surface area contributed by atoms with Crippen molar-refractivity contribution in [3.8, 4) is 0 Å². The lowest BCUT2D eigenvalue weighted by Crippen LogP contribution is -2.38. The summed E-state index contributed by atoms with van der Waals surface area (Å²) in [6.07, 6.45) is -4.28. The van der Waals surface area contributed by atoms with E-state index in [4.69, 9.17) is 17.0 Å². The van der Waals surface area contributed by atoms with Crippen LogP contribution in [0.3, 0.4) is 0 Å². The fraction of sp³-hybridized carbons (Fsp3) is 0.875. The number of hydrogen-bond donors (Lipinski definition) is 2. The molecule has 0 bridgehead atoms. The number of halogens is 3. The van der Waals surface area contributed by atoms with E-state index in [-0.39, 0.29) is 13.2 Å². The molecule has 8 heteroatoms. The first-order valence-corrected chi connectivity index (χ1v) is 5.01. The molecule has 0 saturated carbocycles. The van der Waals surface area contributed by atoms with Gasteiger partial charge in [0.25, 0.3) is 0 Å². The van der Waals surface area contributed by atoms with Crippen molar-refractivity contribution in [3.63, 3.8) is 0 Å². The first-order valence-electron chi connectivity index (χ1n) is 4.61. The second-order valence-corrected chi connectivity index (χ2v) is 3.25. The van der Waals surface area contributed by atoms with E-state index in [0.717, 1.165) is 0 Å². The van der Waals surface area contributed by atoms with Gasteiger partial charge < -0.3 is 20.1 Å². The predicted molar refractivity (Wildman–Crippen MR) is 57.4 cm³/mol. The summed E-state index contributed by atoms with van der Waals surface area (Å²) in [7, 11) is 1.56. The van der Waals surface area contributed by atoms with Crippen molar-refractivity contribution < 1.29 is 22.6 Å². The SMILES string of the molecule is COCCNC(=S)NCCOCC(F)(F)F. The van der Waals surface area contributed by atoms with Gasteiger partial charge >= 0.3 is 6.18 Å². The highest BCUT2D eigenvalue weighted by atomic mass is 32.1. The Bertz CT molecular complexity index is 202. The molecule has 16 heavy (non-hydrogen) atoms. The molecule has 96 valence electrons. The first-order chi connectivity index (χ1) is 7.45. The highest BCUT2D eigenvalue weighted by molar-refractivity contribution is 7.80. The first kappa shape index (κ1) is 15.4. The summed E-state index contributed by atoms with van der Waals surface area (Å²) < 4.78 is 44.1. The number of hydrogen-bond acceptors (Lipinski definition) is 3. The molecule has 0 aliphatic carbocycles. The van der Waals surface area contributed by atoms with E-state index in [1.54, 1.807) is 7.11 Å². The Morgan fingerprint density at radius 3 is 2.25 bits per heavy atom. The van der Waals surface area contributed by atoms with Crippen LogP contribution in [-0.2, 0) is 9.47 Å². The van der Waals surface area contributed by atoms with Gasteiger partial charge in [-0.1, -0.05) is 0 Å². The van der Waals surface area contributed by atoms with Gasteiger partial charge in [-0.05, 0) is 12.2 Å². The van der Waals surface area contributed by atoms with Crippen LogP contribution in [-0.4, -0.2) is 51.3 Å². The molecule has 0 aromatic rings. The molecule has 0 unspecified atom stereocenters. The summed E-state index contributed by atoms with van der Waals surface area (Å²) >= 11 is 4.83. The molecular formula is C8H15F3N2O2S. The van der Waals surface area contributed by atoms with Gasteiger partial charge in [-0.15, -0.1) is 0 Å². The number of thiocarbonyl (C=S) groups is 1. The van der Waals surface area contributed by atoms with E-state index in [1.165, 1.54) is 0 Å². The van der Waals surface area contributed by atoms with Crippen molar-refractivity contribution in [1.29, 1.82) is 0 Å². The fourth-order valence-corrected chi connectivity index (χ4v) is 0.958. The normalized spacial score (nSPS) is 11.2. The molecule has 0 rings (SSSR count). The van der Waals surface area contributed by atoms with Crippen LogP contribution in [0.5, 0.6) is 0 Å². The third kappa shape index (κ3) is 11.5. The molecule has 0 aliphatic rings. The highest BCUT2D eigenvalue weighted by Crippen LogP contribution is 2.13. The second kappa shape index (κ2) is 8.54. The number of nitrogens with one attached hydrogen (secondary N) is 2. The molecule has 0 aromatic carbocycles. The Kier molecular flexibility index (Phi) is 8.22. The van der Waals surface area contributed by atoms with Crippen LogP contribution in [0, 0.1) is 0 Å². The van der Waals surface area contributed by atoms with E-state index in [9.17, 15) is 13.2 Å². The Labute approximate surface area is 97.5 Å². The summed E-state index contributed by atoms with van der Waals surface area (Å²) in [5.41, 5.74) is 0. The van der Waals surface area contributed by atoms with Crippen molar-refractivity contribution in [2.24, 2.45) is 0 Å². The van der Waals surface area contributed by atoms with Crippen LogP contribution >= 0.6 is 12.2 Å². The number of methoxy groups -OCH3 is 1. The van der Waals surface area contributed by atoms with Crippen molar-refractivity contribution in [3.05, 3.63) is 0 Å². The van der Waals surface area contributed by atoms with Gasteiger partial charge in [-0.25, -0.2) is 0 Å². The molecule has 0 atom stereocenters. The van der Waals surface area contributed by atoms with Gasteiger partial charge in [0.1, 0.15) is 6.61 Å². The van der Waals surface area contributed by atoms with Gasteiger partial charge in [0.15, 0.2) is 5.11 Å². The molecule has 0 radical (unpaired) electrons. The average molecular weight is 260 g/mol. The van der Waals surface area contributed by atoms with Crippen molar-refractivity contribution >= 4 is 17.3 Å². The zero-order chi connectivity index (χ0) is 12.4. The summed E-state index contributed by atoms with van der Waals surface area (Å²) in [5, 5.41) is 5.88. The Balaban J connectivity index is 3.28. The Morgan fingerprint density at radius 2 is 1.75 bits per heavy atom. The van der Waals surface area contributed by atoms with Crippen molar-refractivity contribution in [2.75, 3.05) is 40.0 Å². The molecule has 0 spiro atoms. The third-order valence-electron chi connectivity index (χ3n) is 1.39. The minimum atomic E-state index is -4.28. The zero-order valence-electron chi connectivity index (χ0n) is 8.89. The zero-order valence-corrected chi connectivity index (χ0v) is 9.71. The molecular weight excluding hydrogens is 245 g/mol. The lowest BCUT2D eigenvalue weighted by Gasteiger charge is -2.11. The number of rotatable bonds is 7. The minimum absolute atomic E-state index is 0.0500. The standard InChI is InChI=1S/C8H15F3N2O2S/c1-14-4-2-12-7(16)13-3-5-15-6-8(9,10)11/h2-6H2,1H3,(H2,12,13,16). The molecule has 0 heterocycles. The van der Waals surface area contributed by atoms with Gasteiger partial charge in [-0.3, -0.25) is 0 Å². The predicted octanol–water partition coefficient (Wildman–Crippen LogP) is 0.676. The molecule has 0 fully saturated rings. The van der Waals surface area contributed by atoms with E-state index < -0.39 is 12.8 Å². The molecule has 0 amide bonds. The summed E-state index contributed by atoms with van der Waals surface area (Å²) in [4.78, 5) is 0. The van der Waals surface area contributed by atoms with E-state index >= 15 is 0 Å². The van der Waals surface area contributed by atoms with Gasteiger partial charge in [0.2, 0.25) is 0 Å². The molecule has 2 N–H and O–H groups in total. The maximum atomic E-state index is 11.6. The fourth-order valence-electron chi connectivity index (χ4n) is 0.754. The van der Waals surface area contributed by atoms with Gasteiger partial charge in [0, 0.05) is 20.2 Å². The number of ether oxygens (including phenoxy) is 2. The highest BCUT2D eigenvalue weighted by Gasteiger charge is 2.27.